The van der Waals surface area contributed by atoms with Crippen molar-refractivity contribution >= 4 is 60.3 Å². The van der Waals surface area contributed by atoms with Gasteiger partial charge < -0.3 is 9.32 Å². The number of para-hydroxylation sites is 1. The molecule has 0 aliphatic carbocycles. The van der Waals surface area contributed by atoms with Gasteiger partial charge in [-0.1, -0.05) is 170 Å². The van der Waals surface area contributed by atoms with Gasteiger partial charge in [-0.15, -0.1) is 0 Å². The Morgan fingerprint density at radius 2 is 0.810 bits per heavy atom. The van der Waals surface area contributed by atoms with Gasteiger partial charge in [0.05, 0.1) is 0 Å². The van der Waals surface area contributed by atoms with Crippen molar-refractivity contribution in [1.82, 2.24) is 0 Å². The van der Waals surface area contributed by atoms with Crippen LogP contribution >= 0.6 is 0 Å². The molecule has 0 saturated carbocycles. The molecule has 0 fully saturated rings. The predicted molar refractivity (Wildman–Crippen MR) is 245 cm³/mol. The van der Waals surface area contributed by atoms with E-state index in [-0.39, 0.29) is 0 Å². The van der Waals surface area contributed by atoms with Crippen LogP contribution < -0.4 is 4.90 Å². The summed E-state index contributed by atoms with van der Waals surface area (Å²) in [6.45, 7) is 0. The highest BCUT2D eigenvalue weighted by molar-refractivity contribution is 6.08. The molecule has 0 amide bonds. The predicted octanol–water partition coefficient (Wildman–Crippen LogP) is 16.0. The van der Waals surface area contributed by atoms with Gasteiger partial charge in [-0.05, 0) is 120 Å². The summed E-state index contributed by atoms with van der Waals surface area (Å²) in [5.74, 6) is 0.852. The second-order valence-electron chi connectivity index (χ2n) is 15.0. The lowest BCUT2D eigenvalue weighted by Crippen LogP contribution is -2.10. The molecule has 0 spiro atoms. The van der Waals surface area contributed by atoms with Crippen LogP contribution in [0.2, 0.25) is 0 Å². The number of anilines is 3. The zero-order valence-electron chi connectivity index (χ0n) is 31.7. The summed E-state index contributed by atoms with van der Waals surface area (Å²) in [5, 5.41) is 8.68. The molecule has 0 aliphatic rings. The van der Waals surface area contributed by atoms with Crippen molar-refractivity contribution in [3.8, 4) is 44.7 Å². The normalized spacial score (nSPS) is 11.4. The van der Waals surface area contributed by atoms with Crippen molar-refractivity contribution in [1.29, 1.82) is 0 Å². The van der Waals surface area contributed by atoms with Crippen molar-refractivity contribution in [2.75, 3.05) is 4.90 Å². The molecule has 0 atom stereocenters. The second kappa shape index (κ2) is 14.1. The van der Waals surface area contributed by atoms with Crippen LogP contribution in [0, 0.1) is 0 Å². The van der Waals surface area contributed by atoms with E-state index in [2.05, 4.69) is 211 Å². The van der Waals surface area contributed by atoms with E-state index < -0.39 is 0 Å². The molecule has 0 N–H and O–H groups in total. The fourth-order valence-corrected chi connectivity index (χ4v) is 8.49. The largest absolute Gasteiger partial charge is 0.456 e. The van der Waals surface area contributed by atoms with E-state index in [0.29, 0.717) is 0 Å². The van der Waals surface area contributed by atoms with Crippen LogP contribution in [0.3, 0.4) is 0 Å². The minimum Gasteiger partial charge on any atom is -0.456 e. The summed E-state index contributed by atoms with van der Waals surface area (Å²) in [4.78, 5) is 2.33. The molecule has 10 aromatic carbocycles. The summed E-state index contributed by atoms with van der Waals surface area (Å²) in [5.41, 5.74) is 12.3. The number of fused-ring (bicyclic) bond motifs is 5. The summed E-state index contributed by atoms with van der Waals surface area (Å²) >= 11 is 0. The fourth-order valence-electron chi connectivity index (χ4n) is 8.49. The number of hydrogen-bond donors (Lipinski definition) is 0. The summed E-state index contributed by atoms with van der Waals surface area (Å²) < 4.78 is 6.32. The van der Waals surface area contributed by atoms with Gasteiger partial charge in [0.25, 0.3) is 0 Å². The number of hydrogen-bond acceptors (Lipinski definition) is 2. The third-order valence-electron chi connectivity index (χ3n) is 11.5. The van der Waals surface area contributed by atoms with Crippen molar-refractivity contribution in [2.45, 2.75) is 0 Å². The van der Waals surface area contributed by atoms with E-state index >= 15 is 0 Å². The van der Waals surface area contributed by atoms with Crippen LogP contribution in [-0.4, -0.2) is 0 Å². The smallest absolute Gasteiger partial charge is 0.135 e. The van der Waals surface area contributed by atoms with Gasteiger partial charge in [-0.2, -0.15) is 0 Å². The quantitative estimate of drug-likeness (QED) is 0.151. The Balaban J connectivity index is 0.950. The lowest BCUT2D eigenvalue weighted by Gasteiger charge is -2.26. The maximum atomic E-state index is 6.32. The average molecular weight is 740 g/mol. The van der Waals surface area contributed by atoms with Crippen molar-refractivity contribution in [3.63, 3.8) is 0 Å². The lowest BCUT2D eigenvalue weighted by atomic mass is 9.96. The van der Waals surface area contributed by atoms with Crippen LogP contribution in [0.15, 0.2) is 229 Å². The minimum absolute atomic E-state index is 0.852. The molecular formula is C56H37NO. The van der Waals surface area contributed by atoms with Gasteiger partial charge in [0, 0.05) is 28.0 Å². The molecule has 272 valence electrons. The van der Waals surface area contributed by atoms with Crippen LogP contribution in [0.5, 0.6) is 0 Å². The first-order valence-corrected chi connectivity index (χ1v) is 19.8. The molecule has 0 unspecified atom stereocenters. The van der Waals surface area contributed by atoms with Gasteiger partial charge in [0.2, 0.25) is 0 Å². The molecule has 2 nitrogen and oxygen atoms in total. The fraction of sp³-hybridized carbons (Fsp3) is 0. The average Bonchev–Trinajstić information content (AvgIpc) is 3.74. The van der Waals surface area contributed by atoms with E-state index in [4.69, 9.17) is 4.42 Å². The number of furan rings is 1. The SMILES string of the molecule is c1cc(-c2cc3ccccc3o2)cc(N(c2ccc(-c3ccc(-c4cccc5ccccc45)cc3)cc2)c2ccc(-c3ccc4c(ccc5ccccc54)c3)cc2)c1. The zero-order chi connectivity index (χ0) is 38.4. The number of nitrogens with zero attached hydrogens (tertiary/aromatic N) is 1. The van der Waals surface area contributed by atoms with Crippen molar-refractivity contribution < 1.29 is 4.42 Å². The van der Waals surface area contributed by atoms with Gasteiger partial charge in [0.15, 0.2) is 0 Å². The molecule has 0 bridgehead atoms. The molecule has 58 heavy (non-hydrogen) atoms. The highest BCUT2D eigenvalue weighted by Crippen LogP contribution is 2.40. The molecule has 0 aliphatic heterocycles. The topological polar surface area (TPSA) is 16.4 Å². The second-order valence-corrected chi connectivity index (χ2v) is 15.0. The van der Waals surface area contributed by atoms with Gasteiger partial charge in [-0.25, -0.2) is 0 Å². The lowest BCUT2D eigenvalue weighted by molar-refractivity contribution is 0.631. The molecule has 1 aromatic heterocycles. The monoisotopic (exact) mass is 739 g/mol. The molecule has 0 radical (unpaired) electrons. The molecule has 1 heterocycles. The molecule has 0 saturated heterocycles. The standard InChI is InChI=1S/C56H37NO/c1-4-15-51-41(9-1)12-8-17-53(51)43-21-19-38(20-22-43)39-25-30-48(31-26-39)57(50-14-7-13-46(36-50)56-37-47-11-3-6-18-55(47)58-56)49-32-27-40(28-33-49)44-29-34-54-45(35-44)24-23-42-10-2-5-16-52(42)54/h1-37H. The third-order valence-corrected chi connectivity index (χ3v) is 11.5. The first-order chi connectivity index (χ1) is 28.7. The van der Waals surface area contributed by atoms with Crippen LogP contribution in [0.25, 0.3) is 88.0 Å². The van der Waals surface area contributed by atoms with Crippen LogP contribution in [-0.2, 0) is 0 Å². The maximum absolute atomic E-state index is 6.32. The highest BCUT2D eigenvalue weighted by atomic mass is 16.3. The first-order valence-electron chi connectivity index (χ1n) is 19.8. The first kappa shape index (κ1) is 33.6. The summed E-state index contributed by atoms with van der Waals surface area (Å²) in [6, 6.07) is 80.7. The molecular weight excluding hydrogens is 703 g/mol. The van der Waals surface area contributed by atoms with Gasteiger partial charge in [-0.3, -0.25) is 0 Å². The molecule has 2 heteroatoms. The van der Waals surface area contributed by atoms with Crippen molar-refractivity contribution in [3.05, 3.63) is 224 Å². The Morgan fingerprint density at radius 1 is 0.276 bits per heavy atom. The Morgan fingerprint density at radius 3 is 1.55 bits per heavy atom. The Hall–Kier alpha value is -7.68. The van der Waals surface area contributed by atoms with E-state index in [1.165, 1.54) is 65.7 Å². The van der Waals surface area contributed by atoms with Crippen LogP contribution in [0.4, 0.5) is 17.1 Å². The summed E-state index contributed by atoms with van der Waals surface area (Å²) in [6.07, 6.45) is 0. The van der Waals surface area contributed by atoms with E-state index in [9.17, 15) is 0 Å². The van der Waals surface area contributed by atoms with E-state index in [1.54, 1.807) is 0 Å². The third kappa shape index (κ3) is 6.09. The Kier molecular flexibility index (Phi) is 8.19. The van der Waals surface area contributed by atoms with Crippen molar-refractivity contribution in [2.24, 2.45) is 0 Å². The van der Waals surface area contributed by atoms with E-state index in [0.717, 1.165) is 39.4 Å². The van der Waals surface area contributed by atoms with Gasteiger partial charge >= 0.3 is 0 Å². The number of benzene rings is 10. The number of rotatable bonds is 7. The van der Waals surface area contributed by atoms with Gasteiger partial charge in [0.1, 0.15) is 11.3 Å². The summed E-state index contributed by atoms with van der Waals surface area (Å²) in [7, 11) is 0. The molecule has 11 aromatic rings. The highest BCUT2D eigenvalue weighted by Gasteiger charge is 2.16. The van der Waals surface area contributed by atoms with Crippen LogP contribution in [0.1, 0.15) is 0 Å². The minimum atomic E-state index is 0.852. The maximum Gasteiger partial charge on any atom is 0.135 e. The zero-order valence-corrected chi connectivity index (χ0v) is 31.7. The Labute approximate surface area is 337 Å². The molecule has 11 rings (SSSR count). The van der Waals surface area contributed by atoms with E-state index in [1.807, 2.05) is 18.2 Å². The Bertz CT molecular complexity index is 3230.